The van der Waals surface area contributed by atoms with Crippen LogP contribution in [0.1, 0.15) is 49.7 Å². The molecular formula is C34H43N3O5. The molecule has 3 atom stereocenters. The summed E-state index contributed by atoms with van der Waals surface area (Å²) in [5.74, 6) is 0.781. The smallest absolute Gasteiger partial charge is 0.243 e. The minimum Gasteiger partial charge on any atom is -0.496 e. The Balaban J connectivity index is 1.32. The lowest BCUT2D eigenvalue weighted by Gasteiger charge is -2.40. The van der Waals surface area contributed by atoms with Crippen LogP contribution in [0.4, 0.5) is 0 Å². The van der Waals surface area contributed by atoms with Crippen LogP contribution in [-0.2, 0) is 32.0 Å². The van der Waals surface area contributed by atoms with E-state index in [-0.39, 0.29) is 29.7 Å². The number of carbonyl (C=O) groups is 3. The summed E-state index contributed by atoms with van der Waals surface area (Å²) in [7, 11) is 1.65. The maximum absolute atomic E-state index is 13.8. The molecule has 3 amide bonds. The molecule has 2 aromatic rings. The van der Waals surface area contributed by atoms with E-state index in [1.165, 1.54) is 0 Å². The SMILES string of the molecule is COc1ccccc1CCC(=O)N1CC[C@@H]2NC(=O)[C@@H](Cc3ccccc3)NC(=O)C3(C/C=C/C[C@@H]2C1)CCOCC3. The number of ether oxygens (including phenoxy) is 2. The Kier molecular flexibility index (Phi) is 9.95. The highest BCUT2D eigenvalue weighted by molar-refractivity contribution is 5.90. The van der Waals surface area contributed by atoms with Crippen LogP contribution >= 0.6 is 0 Å². The molecule has 0 aliphatic carbocycles. The van der Waals surface area contributed by atoms with Crippen molar-refractivity contribution in [2.75, 3.05) is 33.4 Å². The van der Waals surface area contributed by atoms with Crippen LogP contribution in [0.5, 0.6) is 5.75 Å². The second kappa shape index (κ2) is 14.0. The molecule has 3 aliphatic rings. The number of hydrogen-bond donors (Lipinski definition) is 2. The number of hydrogen-bond acceptors (Lipinski definition) is 5. The topological polar surface area (TPSA) is 97.0 Å². The molecule has 42 heavy (non-hydrogen) atoms. The van der Waals surface area contributed by atoms with Gasteiger partial charge in [-0.2, -0.15) is 0 Å². The average molecular weight is 574 g/mol. The molecule has 2 N–H and O–H groups in total. The number of carbonyl (C=O) groups excluding carboxylic acids is 3. The zero-order chi connectivity index (χ0) is 29.4. The number of rotatable bonds is 6. The van der Waals surface area contributed by atoms with Crippen molar-refractivity contribution in [2.45, 2.75) is 63.5 Å². The van der Waals surface area contributed by atoms with Gasteiger partial charge in [0, 0.05) is 51.1 Å². The molecule has 0 aromatic heterocycles. The van der Waals surface area contributed by atoms with Crippen LogP contribution in [-0.4, -0.2) is 68.1 Å². The molecule has 2 fully saturated rings. The van der Waals surface area contributed by atoms with Crippen molar-refractivity contribution >= 4 is 17.7 Å². The monoisotopic (exact) mass is 573 g/mol. The standard InChI is InChI=1S/C34H43N3O5/c1-41-30-13-6-5-11-26(30)14-15-31(38)37-20-16-28-27(24-37)12-7-8-17-34(18-21-42-22-19-34)33(40)36-29(32(39)35-28)23-25-9-3-2-4-10-25/h2-11,13,27-29H,12,14-24H2,1H3,(H,35,39)(H,36,40)/b8-7+/t27-,28+,29-/m1/s1. The third kappa shape index (κ3) is 7.21. The molecule has 8 heteroatoms. The summed E-state index contributed by atoms with van der Waals surface area (Å²) in [5.41, 5.74) is 1.44. The highest BCUT2D eigenvalue weighted by atomic mass is 16.5. The fourth-order valence-corrected chi connectivity index (χ4v) is 6.52. The van der Waals surface area contributed by atoms with Crippen molar-refractivity contribution in [3.63, 3.8) is 0 Å². The van der Waals surface area contributed by atoms with Gasteiger partial charge in [0.15, 0.2) is 0 Å². The zero-order valence-corrected chi connectivity index (χ0v) is 24.6. The first-order valence-electron chi connectivity index (χ1n) is 15.2. The summed E-state index contributed by atoms with van der Waals surface area (Å²) in [6, 6.07) is 16.9. The number of nitrogens with one attached hydrogen (secondary N) is 2. The van der Waals surface area contributed by atoms with Crippen molar-refractivity contribution < 1.29 is 23.9 Å². The van der Waals surface area contributed by atoms with E-state index in [0.717, 1.165) is 23.3 Å². The summed E-state index contributed by atoms with van der Waals surface area (Å²) < 4.78 is 11.1. The first-order chi connectivity index (χ1) is 20.5. The number of amides is 3. The van der Waals surface area contributed by atoms with Gasteiger partial charge in [-0.3, -0.25) is 14.4 Å². The summed E-state index contributed by atoms with van der Waals surface area (Å²) in [6.07, 6.45) is 9.00. The lowest BCUT2D eigenvalue weighted by Crippen LogP contribution is -2.58. The summed E-state index contributed by atoms with van der Waals surface area (Å²) in [6.45, 7) is 2.25. The molecule has 8 nitrogen and oxygen atoms in total. The first kappa shape index (κ1) is 29.8. The van der Waals surface area contributed by atoms with E-state index in [4.69, 9.17) is 9.47 Å². The molecule has 0 unspecified atom stereocenters. The van der Waals surface area contributed by atoms with Crippen molar-refractivity contribution in [3.05, 3.63) is 77.9 Å². The van der Waals surface area contributed by atoms with Crippen LogP contribution in [0.15, 0.2) is 66.7 Å². The van der Waals surface area contributed by atoms with Gasteiger partial charge in [0.1, 0.15) is 11.8 Å². The van der Waals surface area contributed by atoms with E-state index in [9.17, 15) is 14.4 Å². The number of allylic oxidation sites excluding steroid dienone is 2. The molecule has 2 saturated heterocycles. The number of piperidine rings is 1. The summed E-state index contributed by atoms with van der Waals surface area (Å²) >= 11 is 0. The van der Waals surface area contributed by atoms with Gasteiger partial charge >= 0.3 is 0 Å². The minimum atomic E-state index is -0.677. The molecule has 2 aromatic carbocycles. The Morgan fingerprint density at radius 3 is 2.57 bits per heavy atom. The molecular weight excluding hydrogens is 530 g/mol. The number of nitrogens with zero attached hydrogens (tertiary/aromatic N) is 1. The molecule has 1 spiro atoms. The van der Waals surface area contributed by atoms with Crippen LogP contribution in [0.2, 0.25) is 0 Å². The largest absolute Gasteiger partial charge is 0.496 e. The fourth-order valence-electron chi connectivity index (χ4n) is 6.52. The van der Waals surface area contributed by atoms with Gasteiger partial charge in [0.05, 0.1) is 12.5 Å². The van der Waals surface area contributed by atoms with Gasteiger partial charge in [-0.1, -0.05) is 60.7 Å². The predicted molar refractivity (Wildman–Crippen MR) is 161 cm³/mol. The first-order valence-corrected chi connectivity index (χ1v) is 15.2. The van der Waals surface area contributed by atoms with Crippen LogP contribution in [0.3, 0.4) is 0 Å². The van der Waals surface area contributed by atoms with Gasteiger partial charge in [-0.15, -0.1) is 0 Å². The van der Waals surface area contributed by atoms with E-state index >= 15 is 0 Å². The maximum Gasteiger partial charge on any atom is 0.243 e. The number of aryl methyl sites for hydroxylation is 1. The fraction of sp³-hybridized carbons (Fsp3) is 0.500. The number of methoxy groups -OCH3 is 1. The Morgan fingerprint density at radius 1 is 1.02 bits per heavy atom. The van der Waals surface area contributed by atoms with E-state index in [0.29, 0.717) is 71.2 Å². The minimum absolute atomic E-state index is 0.0703. The molecule has 5 rings (SSSR count). The summed E-state index contributed by atoms with van der Waals surface area (Å²) in [5, 5.41) is 6.43. The number of likely N-dealkylation sites (tertiary alicyclic amines) is 1. The van der Waals surface area contributed by atoms with E-state index in [1.54, 1.807) is 7.11 Å². The Labute approximate surface area is 248 Å². The Hall–Kier alpha value is -3.65. The number of para-hydroxylation sites is 1. The quantitative estimate of drug-likeness (QED) is 0.512. The number of fused-ring (bicyclic) bond motifs is 1. The molecule has 3 aliphatic heterocycles. The molecule has 0 radical (unpaired) electrons. The van der Waals surface area contributed by atoms with E-state index in [1.807, 2.05) is 59.5 Å². The second-order valence-corrected chi connectivity index (χ2v) is 11.8. The molecule has 0 saturated carbocycles. The highest BCUT2D eigenvalue weighted by Crippen LogP contribution is 2.36. The van der Waals surface area contributed by atoms with Crippen molar-refractivity contribution in [1.29, 1.82) is 0 Å². The second-order valence-electron chi connectivity index (χ2n) is 11.8. The Bertz CT molecular complexity index is 1260. The molecule has 224 valence electrons. The number of benzene rings is 2. The van der Waals surface area contributed by atoms with Crippen molar-refractivity contribution in [3.8, 4) is 5.75 Å². The van der Waals surface area contributed by atoms with Crippen molar-refractivity contribution in [1.82, 2.24) is 15.5 Å². The average Bonchev–Trinajstić information content (AvgIpc) is 3.02. The van der Waals surface area contributed by atoms with Gasteiger partial charge in [0.2, 0.25) is 17.7 Å². The van der Waals surface area contributed by atoms with E-state index in [2.05, 4.69) is 22.8 Å². The predicted octanol–water partition coefficient (Wildman–Crippen LogP) is 3.84. The third-order valence-corrected chi connectivity index (χ3v) is 9.17. The Morgan fingerprint density at radius 2 is 1.79 bits per heavy atom. The van der Waals surface area contributed by atoms with Gasteiger partial charge in [-0.05, 0) is 55.7 Å². The van der Waals surface area contributed by atoms with Gasteiger partial charge in [0.25, 0.3) is 0 Å². The van der Waals surface area contributed by atoms with Gasteiger partial charge < -0.3 is 25.0 Å². The van der Waals surface area contributed by atoms with Crippen LogP contribution < -0.4 is 15.4 Å². The normalized spacial score (nSPS) is 25.3. The highest BCUT2D eigenvalue weighted by Gasteiger charge is 2.41. The van der Waals surface area contributed by atoms with E-state index < -0.39 is 11.5 Å². The van der Waals surface area contributed by atoms with Crippen LogP contribution in [0, 0.1) is 11.3 Å². The lowest BCUT2D eigenvalue weighted by atomic mass is 9.75. The summed E-state index contributed by atoms with van der Waals surface area (Å²) in [4.78, 5) is 42.8. The van der Waals surface area contributed by atoms with Crippen molar-refractivity contribution in [2.24, 2.45) is 11.3 Å². The van der Waals surface area contributed by atoms with Crippen LogP contribution in [0.25, 0.3) is 0 Å². The zero-order valence-electron chi connectivity index (χ0n) is 24.6. The molecule has 3 heterocycles. The maximum atomic E-state index is 13.8. The van der Waals surface area contributed by atoms with Gasteiger partial charge in [-0.25, -0.2) is 0 Å². The third-order valence-electron chi connectivity index (χ3n) is 9.17. The molecule has 0 bridgehead atoms. The lowest BCUT2D eigenvalue weighted by molar-refractivity contribution is -0.140.